The molecule has 0 N–H and O–H groups in total. The molecule has 1 aliphatic rings. The summed E-state index contributed by atoms with van der Waals surface area (Å²) in [6, 6.07) is 2.91. The molecule has 47 valence electrons. The number of rotatable bonds is 2. The molecule has 1 radical (unpaired) electrons. The van der Waals surface area contributed by atoms with Crippen LogP contribution in [0.4, 0.5) is 0 Å². The van der Waals surface area contributed by atoms with Crippen LogP contribution < -0.4 is 0 Å². The number of hydrogen-bond acceptors (Lipinski definition) is 1. The van der Waals surface area contributed by atoms with Gasteiger partial charge >= 0.3 is 0 Å². The predicted octanol–water partition coefficient (Wildman–Crippen LogP) is 1.09. The highest BCUT2D eigenvalue weighted by Gasteiger charge is 2.21. The maximum Gasteiger partial charge on any atom is 0.0569 e. The molecular formula is C7H9N2. The summed E-state index contributed by atoms with van der Waals surface area (Å²) in [4.78, 5) is 0. The average Bonchev–Trinajstić information content (AvgIpc) is 2.46. The summed E-state index contributed by atoms with van der Waals surface area (Å²) in [7, 11) is 0. The van der Waals surface area contributed by atoms with Crippen LogP contribution in [0.15, 0.2) is 12.4 Å². The smallest absolute Gasteiger partial charge is 0.0569 e. The largest absolute Gasteiger partial charge is 0.272 e. The summed E-state index contributed by atoms with van der Waals surface area (Å²) in [5, 5.41) is 4.06. The van der Waals surface area contributed by atoms with Crippen LogP contribution in [0.2, 0.25) is 0 Å². The van der Waals surface area contributed by atoms with Crippen LogP contribution in [0, 0.1) is 12.0 Å². The van der Waals surface area contributed by atoms with Gasteiger partial charge in [0.05, 0.1) is 6.20 Å². The zero-order valence-corrected chi connectivity index (χ0v) is 5.25. The number of aromatic nitrogens is 2. The van der Waals surface area contributed by atoms with E-state index in [9.17, 15) is 0 Å². The van der Waals surface area contributed by atoms with Crippen molar-refractivity contribution in [1.29, 1.82) is 0 Å². The summed E-state index contributed by atoms with van der Waals surface area (Å²) in [5.74, 6) is 0.915. The van der Waals surface area contributed by atoms with Gasteiger partial charge in [0.2, 0.25) is 0 Å². The van der Waals surface area contributed by atoms with Crippen LogP contribution in [0.1, 0.15) is 12.8 Å². The normalized spacial score (nSPS) is 18.2. The van der Waals surface area contributed by atoms with Gasteiger partial charge in [-0.05, 0) is 18.8 Å². The molecule has 0 saturated heterocycles. The minimum absolute atomic E-state index is 0.915. The summed E-state index contributed by atoms with van der Waals surface area (Å²) >= 11 is 0. The fourth-order valence-electron chi connectivity index (χ4n) is 0.925. The van der Waals surface area contributed by atoms with Crippen molar-refractivity contribution >= 4 is 0 Å². The molecular weight excluding hydrogens is 112 g/mol. The van der Waals surface area contributed by atoms with E-state index in [-0.39, 0.29) is 0 Å². The summed E-state index contributed by atoms with van der Waals surface area (Å²) < 4.78 is 1.96. The minimum atomic E-state index is 0.915. The maximum atomic E-state index is 4.06. The number of hydrogen-bond donors (Lipinski definition) is 0. The van der Waals surface area contributed by atoms with E-state index in [1.54, 1.807) is 6.20 Å². The zero-order chi connectivity index (χ0) is 6.10. The molecule has 0 unspecified atom stereocenters. The van der Waals surface area contributed by atoms with Crippen LogP contribution in [-0.2, 0) is 6.54 Å². The first-order valence-electron chi connectivity index (χ1n) is 3.33. The molecule has 1 aromatic rings. The van der Waals surface area contributed by atoms with E-state index in [1.807, 2.05) is 10.9 Å². The van der Waals surface area contributed by atoms with Crippen LogP contribution >= 0.6 is 0 Å². The van der Waals surface area contributed by atoms with Crippen LogP contribution in [0.5, 0.6) is 0 Å². The molecule has 0 amide bonds. The highest BCUT2D eigenvalue weighted by molar-refractivity contribution is 4.79. The van der Waals surface area contributed by atoms with E-state index in [0.29, 0.717) is 0 Å². The van der Waals surface area contributed by atoms with Crippen molar-refractivity contribution in [3.05, 3.63) is 18.5 Å². The molecule has 1 heterocycles. The second-order valence-electron chi connectivity index (χ2n) is 2.61. The van der Waals surface area contributed by atoms with Crippen molar-refractivity contribution < 1.29 is 0 Å². The summed E-state index contributed by atoms with van der Waals surface area (Å²) in [6.45, 7) is 1.10. The van der Waals surface area contributed by atoms with Gasteiger partial charge in [0.15, 0.2) is 0 Å². The van der Waals surface area contributed by atoms with Crippen molar-refractivity contribution in [2.45, 2.75) is 19.4 Å². The third kappa shape index (κ3) is 1.12. The Labute approximate surface area is 54.5 Å². The van der Waals surface area contributed by atoms with Gasteiger partial charge in [-0.25, -0.2) is 0 Å². The number of nitrogens with zero attached hydrogens (tertiary/aromatic N) is 2. The van der Waals surface area contributed by atoms with E-state index in [1.165, 1.54) is 12.8 Å². The monoisotopic (exact) mass is 121 g/mol. The van der Waals surface area contributed by atoms with Gasteiger partial charge in [-0.1, -0.05) is 0 Å². The topological polar surface area (TPSA) is 17.8 Å². The second-order valence-corrected chi connectivity index (χ2v) is 2.61. The Morgan fingerprint density at radius 2 is 2.56 bits per heavy atom. The third-order valence-corrected chi connectivity index (χ3v) is 1.65. The molecule has 2 nitrogen and oxygen atoms in total. The molecule has 1 fully saturated rings. The summed E-state index contributed by atoms with van der Waals surface area (Å²) in [6.07, 6.45) is 6.39. The van der Waals surface area contributed by atoms with Gasteiger partial charge < -0.3 is 0 Å². The Balaban J connectivity index is 1.99. The standard InChI is InChI=1S/C7H9N2/c1-4-8-9(5-1)6-7-2-3-7/h4-5,7H,2-3,6H2. The lowest BCUT2D eigenvalue weighted by Crippen LogP contribution is -1.98. The van der Waals surface area contributed by atoms with E-state index in [2.05, 4.69) is 11.2 Å². The van der Waals surface area contributed by atoms with Crippen LogP contribution in [-0.4, -0.2) is 9.78 Å². The predicted molar refractivity (Wildman–Crippen MR) is 33.8 cm³/mol. The van der Waals surface area contributed by atoms with E-state index in [0.717, 1.165) is 12.5 Å². The Morgan fingerprint density at radius 1 is 1.67 bits per heavy atom. The lowest BCUT2D eigenvalue weighted by Gasteiger charge is -1.94. The molecule has 9 heavy (non-hydrogen) atoms. The van der Waals surface area contributed by atoms with Gasteiger partial charge in [0.25, 0.3) is 0 Å². The molecule has 2 heteroatoms. The van der Waals surface area contributed by atoms with Crippen LogP contribution in [0.3, 0.4) is 0 Å². The van der Waals surface area contributed by atoms with E-state index >= 15 is 0 Å². The van der Waals surface area contributed by atoms with Crippen LogP contribution in [0.25, 0.3) is 0 Å². The molecule has 2 rings (SSSR count). The second kappa shape index (κ2) is 1.87. The molecule has 0 spiro atoms. The van der Waals surface area contributed by atoms with Gasteiger partial charge in [-0.15, -0.1) is 0 Å². The zero-order valence-electron chi connectivity index (χ0n) is 5.25. The SMILES string of the molecule is [c]1cnn(CC2CC2)c1. The van der Waals surface area contributed by atoms with Gasteiger partial charge in [0.1, 0.15) is 0 Å². The molecule has 0 atom stereocenters. The molecule has 0 aliphatic heterocycles. The first-order valence-corrected chi connectivity index (χ1v) is 3.33. The summed E-state index contributed by atoms with van der Waals surface area (Å²) in [5.41, 5.74) is 0. The first kappa shape index (κ1) is 5.03. The van der Waals surface area contributed by atoms with Crippen molar-refractivity contribution in [2.24, 2.45) is 5.92 Å². The highest BCUT2D eigenvalue weighted by atomic mass is 15.3. The lowest BCUT2D eigenvalue weighted by molar-refractivity contribution is 0.563. The molecule has 1 aromatic heterocycles. The highest BCUT2D eigenvalue weighted by Crippen LogP contribution is 2.29. The third-order valence-electron chi connectivity index (χ3n) is 1.65. The quantitative estimate of drug-likeness (QED) is 0.572. The van der Waals surface area contributed by atoms with E-state index < -0.39 is 0 Å². The van der Waals surface area contributed by atoms with Crippen molar-refractivity contribution in [1.82, 2.24) is 9.78 Å². The fourth-order valence-corrected chi connectivity index (χ4v) is 0.925. The molecule has 0 aromatic carbocycles. The Bertz CT molecular complexity index is 175. The molecule has 1 saturated carbocycles. The van der Waals surface area contributed by atoms with Crippen molar-refractivity contribution in [3.8, 4) is 0 Å². The minimum Gasteiger partial charge on any atom is -0.272 e. The fraction of sp³-hybridized carbons (Fsp3) is 0.571. The first-order chi connectivity index (χ1) is 4.45. The molecule has 1 aliphatic carbocycles. The van der Waals surface area contributed by atoms with E-state index in [4.69, 9.17) is 0 Å². The Kier molecular flexibility index (Phi) is 1.04. The van der Waals surface area contributed by atoms with Gasteiger partial charge in [-0.2, -0.15) is 5.10 Å². The lowest BCUT2D eigenvalue weighted by atomic mass is 10.4. The average molecular weight is 121 g/mol. The Morgan fingerprint density at radius 3 is 3.11 bits per heavy atom. The van der Waals surface area contributed by atoms with Gasteiger partial charge in [0, 0.05) is 18.8 Å². The maximum absolute atomic E-state index is 4.06. The van der Waals surface area contributed by atoms with Crippen molar-refractivity contribution in [3.63, 3.8) is 0 Å². The molecule has 0 bridgehead atoms. The van der Waals surface area contributed by atoms with Gasteiger partial charge in [-0.3, -0.25) is 4.68 Å². The Hall–Kier alpha value is -0.790. The van der Waals surface area contributed by atoms with Crippen molar-refractivity contribution in [2.75, 3.05) is 0 Å².